The molecule has 136 valence electrons. The van der Waals surface area contributed by atoms with E-state index in [0.29, 0.717) is 5.56 Å². The Kier molecular flexibility index (Phi) is 4.36. The molecule has 2 heterocycles. The summed E-state index contributed by atoms with van der Waals surface area (Å²) in [5.41, 5.74) is 3.75. The van der Waals surface area contributed by atoms with Crippen molar-refractivity contribution in [3.05, 3.63) is 99.2 Å². The van der Waals surface area contributed by atoms with Crippen molar-refractivity contribution in [3.8, 4) is 0 Å². The lowest BCUT2D eigenvalue weighted by atomic mass is 9.75. The van der Waals surface area contributed by atoms with Crippen LogP contribution in [0.15, 0.2) is 65.7 Å². The van der Waals surface area contributed by atoms with Crippen LogP contribution in [0, 0.1) is 6.92 Å². The fourth-order valence-electron chi connectivity index (χ4n) is 3.82. The number of aryl methyl sites for hydroxylation is 2. The van der Waals surface area contributed by atoms with Crippen LogP contribution in [0.5, 0.6) is 0 Å². The normalized spacial score (nSPS) is 18.6. The van der Waals surface area contributed by atoms with Crippen LogP contribution in [-0.4, -0.2) is 15.9 Å². The average Bonchev–Trinajstić information content (AvgIpc) is 2.69. The molecule has 5 nitrogen and oxygen atoms in total. The van der Waals surface area contributed by atoms with Crippen LogP contribution in [0.3, 0.4) is 0 Å². The van der Waals surface area contributed by atoms with Gasteiger partial charge in [0, 0.05) is 18.5 Å². The summed E-state index contributed by atoms with van der Waals surface area (Å²) in [5.74, 6) is -0.231. The van der Waals surface area contributed by atoms with Crippen LogP contribution < -0.4 is 10.9 Å². The molecule has 0 fully saturated rings. The van der Waals surface area contributed by atoms with Crippen LogP contribution in [0.4, 0.5) is 0 Å². The third-order valence-corrected chi connectivity index (χ3v) is 5.21. The maximum atomic E-state index is 13.0. The third-order valence-electron chi connectivity index (χ3n) is 5.21. The van der Waals surface area contributed by atoms with Gasteiger partial charge in [-0.05, 0) is 49.4 Å². The number of hydrogen-bond acceptors (Lipinski definition) is 3. The van der Waals surface area contributed by atoms with Gasteiger partial charge in [0.25, 0.3) is 5.91 Å². The Morgan fingerprint density at radius 1 is 1.15 bits per heavy atom. The summed E-state index contributed by atoms with van der Waals surface area (Å²) in [6, 6.07) is 15.2. The molecule has 1 aromatic carbocycles. The van der Waals surface area contributed by atoms with Crippen molar-refractivity contribution in [1.29, 1.82) is 0 Å². The Labute approximate surface area is 157 Å². The fraction of sp³-hybridized carbons (Fsp3) is 0.227. The zero-order chi connectivity index (χ0) is 18.9. The lowest BCUT2D eigenvalue weighted by Crippen LogP contribution is -2.49. The van der Waals surface area contributed by atoms with Gasteiger partial charge in [-0.15, -0.1) is 0 Å². The molecule has 0 saturated carbocycles. The topological polar surface area (TPSA) is 74.8 Å². The SMILES string of the molecule is Cc1ccc(C2(NC(=O)c3ccc(=O)[nH]c3)CCCc3cccnc32)cc1. The Hall–Kier alpha value is -3.21. The summed E-state index contributed by atoms with van der Waals surface area (Å²) in [7, 11) is 0. The van der Waals surface area contributed by atoms with Crippen molar-refractivity contribution in [2.24, 2.45) is 0 Å². The maximum Gasteiger partial charge on any atom is 0.253 e. The van der Waals surface area contributed by atoms with Crippen molar-refractivity contribution in [1.82, 2.24) is 15.3 Å². The molecule has 1 aliphatic carbocycles. The molecule has 27 heavy (non-hydrogen) atoms. The molecule has 5 heteroatoms. The number of nitrogens with zero attached hydrogens (tertiary/aromatic N) is 1. The van der Waals surface area contributed by atoms with Crippen LogP contribution in [0.1, 0.15) is 45.6 Å². The van der Waals surface area contributed by atoms with E-state index in [1.165, 1.54) is 12.3 Å². The van der Waals surface area contributed by atoms with Gasteiger partial charge < -0.3 is 10.3 Å². The van der Waals surface area contributed by atoms with Crippen molar-refractivity contribution >= 4 is 5.91 Å². The highest BCUT2D eigenvalue weighted by molar-refractivity contribution is 5.94. The number of amides is 1. The van der Waals surface area contributed by atoms with Gasteiger partial charge in [-0.25, -0.2) is 0 Å². The molecule has 0 spiro atoms. The van der Waals surface area contributed by atoms with E-state index >= 15 is 0 Å². The van der Waals surface area contributed by atoms with E-state index in [-0.39, 0.29) is 11.5 Å². The zero-order valence-electron chi connectivity index (χ0n) is 15.2. The summed E-state index contributed by atoms with van der Waals surface area (Å²) in [4.78, 5) is 31.6. The summed E-state index contributed by atoms with van der Waals surface area (Å²) >= 11 is 0. The number of carbonyl (C=O) groups is 1. The zero-order valence-corrected chi connectivity index (χ0v) is 15.2. The first-order valence-electron chi connectivity index (χ1n) is 9.11. The summed E-state index contributed by atoms with van der Waals surface area (Å²) < 4.78 is 0. The number of H-pyrrole nitrogens is 1. The molecule has 0 saturated heterocycles. The summed E-state index contributed by atoms with van der Waals surface area (Å²) in [6.07, 6.45) is 5.90. The van der Waals surface area contributed by atoms with Gasteiger partial charge in [0.1, 0.15) is 5.54 Å². The quantitative estimate of drug-likeness (QED) is 0.755. The number of aromatic nitrogens is 2. The molecule has 1 atom stereocenters. The minimum Gasteiger partial charge on any atom is -0.337 e. The molecule has 3 aromatic rings. The third kappa shape index (κ3) is 3.16. The van der Waals surface area contributed by atoms with Gasteiger partial charge in [0.2, 0.25) is 5.56 Å². The molecule has 0 aliphatic heterocycles. The number of rotatable bonds is 3. The number of aromatic amines is 1. The Morgan fingerprint density at radius 2 is 1.96 bits per heavy atom. The fourth-order valence-corrected chi connectivity index (χ4v) is 3.82. The first-order valence-corrected chi connectivity index (χ1v) is 9.11. The molecular formula is C22H21N3O2. The molecule has 1 aliphatic rings. The minimum absolute atomic E-state index is 0.231. The number of pyridine rings is 2. The number of nitrogens with one attached hydrogen (secondary N) is 2. The van der Waals surface area contributed by atoms with Crippen LogP contribution in [-0.2, 0) is 12.0 Å². The van der Waals surface area contributed by atoms with Crippen LogP contribution in [0.2, 0.25) is 0 Å². The van der Waals surface area contributed by atoms with Crippen molar-refractivity contribution in [3.63, 3.8) is 0 Å². The van der Waals surface area contributed by atoms with E-state index in [2.05, 4.69) is 45.6 Å². The smallest absolute Gasteiger partial charge is 0.253 e. The summed E-state index contributed by atoms with van der Waals surface area (Å²) in [5, 5.41) is 3.24. The van der Waals surface area contributed by atoms with E-state index < -0.39 is 5.54 Å². The Bertz CT molecular complexity index is 1020. The molecule has 0 bridgehead atoms. The first-order chi connectivity index (χ1) is 13.1. The second-order valence-corrected chi connectivity index (χ2v) is 7.03. The highest BCUT2D eigenvalue weighted by atomic mass is 16.2. The molecule has 0 radical (unpaired) electrons. The van der Waals surface area contributed by atoms with Crippen LogP contribution in [0.25, 0.3) is 0 Å². The number of fused-ring (bicyclic) bond motifs is 1. The highest BCUT2D eigenvalue weighted by Crippen LogP contribution is 2.39. The largest absolute Gasteiger partial charge is 0.337 e. The first kappa shape index (κ1) is 17.2. The molecule has 2 N–H and O–H groups in total. The van der Waals surface area contributed by atoms with Gasteiger partial charge in [0.05, 0.1) is 11.3 Å². The minimum atomic E-state index is -0.685. The number of carbonyl (C=O) groups excluding carboxylic acids is 1. The van der Waals surface area contributed by atoms with Crippen molar-refractivity contribution in [2.45, 2.75) is 31.7 Å². The molecule has 2 aromatic heterocycles. The lowest BCUT2D eigenvalue weighted by Gasteiger charge is -2.39. The van der Waals surface area contributed by atoms with Gasteiger partial charge in [-0.1, -0.05) is 35.9 Å². The number of benzene rings is 1. The molecular weight excluding hydrogens is 338 g/mol. The maximum absolute atomic E-state index is 13.0. The standard InChI is InChI=1S/C22H21N3O2/c1-15-6-9-18(10-7-15)22(12-2-4-16-5-3-13-23-20(16)22)25-21(27)17-8-11-19(26)24-14-17/h3,5-11,13-14H,2,4,12H2,1H3,(H,24,26)(H,25,27). The monoisotopic (exact) mass is 359 g/mol. The Morgan fingerprint density at radius 3 is 2.70 bits per heavy atom. The lowest BCUT2D eigenvalue weighted by molar-refractivity contribution is 0.0902. The van der Waals surface area contributed by atoms with Gasteiger partial charge in [-0.3, -0.25) is 14.6 Å². The van der Waals surface area contributed by atoms with E-state index in [4.69, 9.17) is 0 Å². The predicted molar refractivity (Wildman–Crippen MR) is 104 cm³/mol. The second kappa shape index (κ2) is 6.83. The van der Waals surface area contributed by atoms with E-state index in [0.717, 1.165) is 41.6 Å². The van der Waals surface area contributed by atoms with Gasteiger partial charge in [-0.2, -0.15) is 0 Å². The molecule has 1 amide bonds. The number of hydrogen-bond donors (Lipinski definition) is 2. The highest BCUT2D eigenvalue weighted by Gasteiger charge is 2.41. The van der Waals surface area contributed by atoms with Gasteiger partial charge in [0.15, 0.2) is 0 Å². The molecule has 4 rings (SSSR count). The van der Waals surface area contributed by atoms with E-state index in [1.807, 2.05) is 13.0 Å². The van der Waals surface area contributed by atoms with Crippen LogP contribution >= 0.6 is 0 Å². The Balaban J connectivity index is 1.82. The summed E-state index contributed by atoms with van der Waals surface area (Å²) in [6.45, 7) is 2.04. The van der Waals surface area contributed by atoms with Crippen molar-refractivity contribution < 1.29 is 4.79 Å². The predicted octanol–water partition coefficient (Wildman–Crippen LogP) is 3.09. The van der Waals surface area contributed by atoms with Crippen molar-refractivity contribution in [2.75, 3.05) is 0 Å². The average molecular weight is 359 g/mol. The molecule has 1 unspecified atom stereocenters. The second-order valence-electron chi connectivity index (χ2n) is 7.03. The van der Waals surface area contributed by atoms with E-state index in [9.17, 15) is 9.59 Å². The van der Waals surface area contributed by atoms with Gasteiger partial charge >= 0.3 is 0 Å². The van der Waals surface area contributed by atoms with E-state index in [1.54, 1.807) is 12.3 Å².